The Morgan fingerprint density at radius 2 is 1.17 bits per heavy atom. The van der Waals surface area contributed by atoms with Crippen LogP contribution >= 0.6 is 11.8 Å². The van der Waals surface area contributed by atoms with E-state index in [2.05, 4.69) is 97.1 Å². The fourth-order valence-electron chi connectivity index (χ4n) is 4.43. The molecule has 4 aromatic rings. The van der Waals surface area contributed by atoms with E-state index in [1.807, 2.05) is 23.9 Å². The number of benzene rings is 4. The molecule has 0 aromatic heterocycles. The summed E-state index contributed by atoms with van der Waals surface area (Å²) in [7, 11) is 0. The van der Waals surface area contributed by atoms with E-state index in [1.54, 1.807) is 0 Å². The van der Waals surface area contributed by atoms with Gasteiger partial charge in [0.1, 0.15) is 16.2 Å². The van der Waals surface area contributed by atoms with Crippen molar-refractivity contribution >= 4 is 23.4 Å². The molecule has 0 atom stereocenters. The van der Waals surface area contributed by atoms with Crippen LogP contribution in [0.4, 0.5) is 0 Å². The highest BCUT2D eigenvalue weighted by molar-refractivity contribution is 8.01. The van der Waals surface area contributed by atoms with Gasteiger partial charge in [0, 0.05) is 16.0 Å². The van der Waals surface area contributed by atoms with Crippen LogP contribution in [0.1, 0.15) is 22.3 Å². The van der Waals surface area contributed by atoms with E-state index in [0.717, 1.165) is 11.5 Å². The van der Waals surface area contributed by atoms with Crippen molar-refractivity contribution in [3.05, 3.63) is 125 Å². The maximum Gasteiger partial charge on any atom is 0.132 e. The fraction of sp³-hybridized carbons (Fsp3) is 0.0370. The predicted octanol–water partition coefficient (Wildman–Crippen LogP) is 7.38. The quantitative estimate of drug-likeness (QED) is 0.335. The Bertz CT molecular complexity index is 1210. The molecule has 0 saturated carbocycles. The minimum absolute atomic E-state index is 0.360. The third kappa shape index (κ3) is 2.43. The van der Waals surface area contributed by atoms with Gasteiger partial charge in [-0.1, -0.05) is 84.9 Å². The van der Waals surface area contributed by atoms with Crippen LogP contribution < -0.4 is 4.74 Å². The first-order chi connectivity index (χ1) is 14.4. The minimum atomic E-state index is -0.360. The number of hydrogen-bond acceptors (Lipinski definition) is 2. The third-order valence-electron chi connectivity index (χ3n) is 5.70. The standard InChI is InChI=1S/C27H18OS/c1-2-10-19(11-3-1)23-18-20-12-4-9-17-26(20)29-27(23)21-13-5-7-15-24(21)28-25-16-8-6-14-22(25)27/h1-18H. The summed E-state index contributed by atoms with van der Waals surface area (Å²) in [4.78, 5) is 1.29. The van der Waals surface area contributed by atoms with E-state index in [-0.39, 0.29) is 4.75 Å². The number of rotatable bonds is 1. The van der Waals surface area contributed by atoms with Crippen molar-refractivity contribution in [3.63, 3.8) is 0 Å². The summed E-state index contributed by atoms with van der Waals surface area (Å²) in [5, 5.41) is 0. The van der Waals surface area contributed by atoms with Gasteiger partial charge in [0.05, 0.1) is 0 Å². The Labute approximate surface area is 174 Å². The lowest BCUT2D eigenvalue weighted by molar-refractivity contribution is 0.450. The molecule has 29 heavy (non-hydrogen) atoms. The number of hydrogen-bond donors (Lipinski definition) is 0. The van der Waals surface area contributed by atoms with E-state index in [0.29, 0.717) is 0 Å². The predicted molar refractivity (Wildman–Crippen MR) is 120 cm³/mol. The number of fused-ring (bicyclic) bond motifs is 5. The highest BCUT2D eigenvalue weighted by atomic mass is 32.2. The van der Waals surface area contributed by atoms with Crippen molar-refractivity contribution in [2.75, 3.05) is 0 Å². The number of thioether (sulfide) groups is 1. The van der Waals surface area contributed by atoms with Crippen molar-refractivity contribution in [1.82, 2.24) is 0 Å². The van der Waals surface area contributed by atoms with E-state index < -0.39 is 0 Å². The Morgan fingerprint density at radius 1 is 0.586 bits per heavy atom. The Balaban J connectivity index is 1.74. The SMILES string of the molecule is C1=C(c2ccccc2)C2(Sc3ccccc31)c1ccccc1Oc1ccccc12. The van der Waals surface area contributed by atoms with Gasteiger partial charge in [-0.3, -0.25) is 0 Å². The fourth-order valence-corrected chi connectivity index (χ4v) is 6.00. The van der Waals surface area contributed by atoms with E-state index >= 15 is 0 Å². The summed E-state index contributed by atoms with van der Waals surface area (Å²) < 4.78 is 5.98. The molecule has 2 heteroatoms. The summed E-state index contributed by atoms with van der Waals surface area (Å²) in [5.41, 5.74) is 6.20. The van der Waals surface area contributed by atoms with Gasteiger partial charge in [0.15, 0.2) is 0 Å². The summed E-state index contributed by atoms with van der Waals surface area (Å²) >= 11 is 1.92. The Hall–Kier alpha value is -3.23. The maximum absolute atomic E-state index is 6.34. The molecule has 138 valence electrons. The van der Waals surface area contributed by atoms with Crippen LogP contribution in [-0.2, 0) is 4.75 Å². The first-order valence-corrected chi connectivity index (χ1v) is 10.6. The Kier molecular flexibility index (Phi) is 3.68. The molecule has 2 aliphatic rings. The molecular formula is C27H18OS. The van der Waals surface area contributed by atoms with Crippen molar-refractivity contribution in [2.24, 2.45) is 0 Å². The summed E-state index contributed by atoms with van der Waals surface area (Å²) in [5.74, 6) is 1.86. The zero-order valence-electron chi connectivity index (χ0n) is 15.7. The highest BCUT2D eigenvalue weighted by Crippen LogP contribution is 2.64. The van der Waals surface area contributed by atoms with Gasteiger partial charge in [0.25, 0.3) is 0 Å². The van der Waals surface area contributed by atoms with Crippen molar-refractivity contribution in [2.45, 2.75) is 9.64 Å². The molecule has 6 rings (SSSR count). The molecule has 0 saturated heterocycles. The molecule has 0 aliphatic carbocycles. The third-order valence-corrected chi connectivity index (χ3v) is 7.26. The molecule has 1 spiro atoms. The second-order valence-electron chi connectivity index (χ2n) is 7.34. The van der Waals surface area contributed by atoms with Crippen LogP contribution in [0.15, 0.2) is 108 Å². The van der Waals surface area contributed by atoms with Crippen molar-refractivity contribution in [1.29, 1.82) is 0 Å². The zero-order valence-corrected chi connectivity index (χ0v) is 16.5. The Morgan fingerprint density at radius 3 is 1.90 bits per heavy atom. The van der Waals surface area contributed by atoms with Gasteiger partial charge < -0.3 is 4.74 Å². The lowest BCUT2D eigenvalue weighted by Gasteiger charge is -2.44. The van der Waals surface area contributed by atoms with Crippen LogP contribution in [0.3, 0.4) is 0 Å². The monoisotopic (exact) mass is 390 g/mol. The van der Waals surface area contributed by atoms with Crippen LogP contribution in [-0.4, -0.2) is 0 Å². The smallest absolute Gasteiger partial charge is 0.132 e. The van der Waals surface area contributed by atoms with Crippen LogP contribution in [0.2, 0.25) is 0 Å². The minimum Gasteiger partial charge on any atom is -0.457 e. The van der Waals surface area contributed by atoms with Gasteiger partial charge in [0.2, 0.25) is 0 Å². The average molecular weight is 391 g/mol. The first-order valence-electron chi connectivity index (χ1n) is 9.79. The summed E-state index contributed by atoms with van der Waals surface area (Å²) in [6.45, 7) is 0. The zero-order chi connectivity index (χ0) is 19.3. The topological polar surface area (TPSA) is 9.23 Å². The summed E-state index contributed by atoms with van der Waals surface area (Å²) in [6, 6.07) is 36.3. The molecule has 2 heterocycles. The number of ether oxygens (including phenoxy) is 1. The largest absolute Gasteiger partial charge is 0.457 e. The second kappa shape index (κ2) is 6.40. The van der Waals surface area contributed by atoms with Gasteiger partial charge in [-0.25, -0.2) is 0 Å². The first kappa shape index (κ1) is 16.7. The summed E-state index contributed by atoms with van der Waals surface area (Å²) in [6.07, 6.45) is 2.36. The van der Waals surface area contributed by atoms with Crippen LogP contribution in [0.5, 0.6) is 11.5 Å². The lowest BCUT2D eigenvalue weighted by atomic mass is 9.77. The van der Waals surface area contributed by atoms with E-state index in [9.17, 15) is 0 Å². The molecule has 0 unspecified atom stereocenters. The molecule has 0 amide bonds. The molecule has 0 bridgehead atoms. The molecule has 1 nitrogen and oxygen atoms in total. The molecule has 0 N–H and O–H groups in total. The van der Waals surface area contributed by atoms with Gasteiger partial charge in [-0.15, -0.1) is 11.8 Å². The van der Waals surface area contributed by atoms with E-state index in [4.69, 9.17) is 4.74 Å². The second-order valence-corrected chi connectivity index (χ2v) is 8.60. The maximum atomic E-state index is 6.34. The molecule has 0 fully saturated rings. The van der Waals surface area contributed by atoms with Gasteiger partial charge >= 0.3 is 0 Å². The highest BCUT2D eigenvalue weighted by Gasteiger charge is 2.48. The molecule has 0 radical (unpaired) electrons. The van der Waals surface area contributed by atoms with Crippen molar-refractivity contribution < 1.29 is 4.74 Å². The van der Waals surface area contributed by atoms with Crippen molar-refractivity contribution in [3.8, 4) is 11.5 Å². The van der Waals surface area contributed by atoms with Gasteiger partial charge in [-0.2, -0.15) is 0 Å². The molecule has 4 aromatic carbocycles. The molecular weight excluding hydrogens is 372 g/mol. The van der Waals surface area contributed by atoms with Gasteiger partial charge in [-0.05, 0) is 41.0 Å². The van der Waals surface area contributed by atoms with Crippen LogP contribution in [0, 0.1) is 0 Å². The van der Waals surface area contributed by atoms with Crippen LogP contribution in [0.25, 0.3) is 11.6 Å². The number of para-hydroxylation sites is 2. The lowest BCUT2D eigenvalue weighted by Crippen LogP contribution is -2.31. The van der Waals surface area contributed by atoms with E-state index in [1.165, 1.54) is 32.7 Å². The normalized spacial score (nSPS) is 15.5. The average Bonchev–Trinajstić information content (AvgIpc) is 2.79. The molecule has 2 aliphatic heterocycles.